The summed E-state index contributed by atoms with van der Waals surface area (Å²) in [7, 11) is 0. The van der Waals surface area contributed by atoms with Gasteiger partial charge in [-0.25, -0.2) is 0 Å². The lowest BCUT2D eigenvalue weighted by atomic mass is 10.0. The second-order valence-corrected chi connectivity index (χ2v) is 5.08. The molecule has 0 unspecified atom stereocenters. The van der Waals surface area contributed by atoms with E-state index < -0.39 is 0 Å². The molecule has 108 valence electrons. The summed E-state index contributed by atoms with van der Waals surface area (Å²) in [5.41, 5.74) is 3.71. The van der Waals surface area contributed by atoms with Gasteiger partial charge in [0, 0.05) is 25.5 Å². The zero-order valence-electron chi connectivity index (χ0n) is 12.5. The van der Waals surface area contributed by atoms with Gasteiger partial charge in [-0.1, -0.05) is 31.2 Å². The summed E-state index contributed by atoms with van der Waals surface area (Å²) in [6.07, 6.45) is 5.19. The Balaban J connectivity index is 1.98. The van der Waals surface area contributed by atoms with E-state index in [2.05, 4.69) is 47.1 Å². The number of nitriles is 1. The van der Waals surface area contributed by atoms with Gasteiger partial charge in [-0.05, 0) is 41.8 Å². The van der Waals surface area contributed by atoms with Crippen LogP contribution < -0.4 is 0 Å². The van der Waals surface area contributed by atoms with Gasteiger partial charge >= 0.3 is 0 Å². The van der Waals surface area contributed by atoms with Gasteiger partial charge in [-0.15, -0.1) is 0 Å². The van der Waals surface area contributed by atoms with Crippen molar-refractivity contribution in [2.45, 2.75) is 26.3 Å². The lowest BCUT2D eigenvalue weighted by molar-refractivity contribution is 0.283. The molecule has 3 heteroatoms. The Bertz CT molecular complexity index is 587. The maximum absolute atomic E-state index is 8.92. The zero-order valence-corrected chi connectivity index (χ0v) is 12.5. The minimum atomic E-state index is 0.484. The summed E-state index contributed by atoms with van der Waals surface area (Å²) >= 11 is 0. The topological polar surface area (TPSA) is 39.9 Å². The van der Waals surface area contributed by atoms with E-state index in [9.17, 15) is 0 Å². The number of hydrogen-bond donors (Lipinski definition) is 0. The minimum absolute atomic E-state index is 0.484. The standard InChI is InChI=1S/C18H21N3/c1-2-21(14-10-16-8-12-20-13-9-16)15-18-6-4-3-5-17(18)7-11-19/h3-6,8-9,12-13H,2,7,10,14-15H2,1H3. The predicted molar refractivity (Wildman–Crippen MR) is 84.7 cm³/mol. The Morgan fingerprint density at radius 2 is 1.81 bits per heavy atom. The molecule has 2 rings (SSSR count). The minimum Gasteiger partial charge on any atom is -0.299 e. The molecule has 0 saturated carbocycles. The molecular formula is C18H21N3. The molecule has 0 aliphatic carbocycles. The molecule has 0 amide bonds. The van der Waals surface area contributed by atoms with Crippen LogP contribution in [0, 0.1) is 11.3 Å². The van der Waals surface area contributed by atoms with Gasteiger partial charge in [-0.3, -0.25) is 9.88 Å². The first-order valence-corrected chi connectivity index (χ1v) is 7.38. The summed E-state index contributed by atoms with van der Waals surface area (Å²) in [4.78, 5) is 6.46. The number of nitrogens with zero attached hydrogens (tertiary/aromatic N) is 3. The monoisotopic (exact) mass is 279 g/mol. The third kappa shape index (κ3) is 4.70. The largest absolute Gasteiger partial charge is 0.299 e. The van der Waals surface area contributed by atoms with Crippen molar-refractivity contribution >= 4 is 0 Å². The average molecular weight is 279 g/mol. The van der Waals surface area contributed by atoms with Crippen LogP contribution in [-0.2, 0) is 19.4 Å². The predicted octanol–water partition coefficient (Wildman–Crippen LogP) is 3.21. The second-order valence-electron chi connectivity index (χ2n) is 5.08. The number of likely N-dealkylation sites (N-methyl/N-ethyl adjacent to an activating group) is 1. The highest BCUT2D eigenvalue weighted by Gasteiger charge is 2.07. The molecule has 0 spiro atoms. The van der Waals surface area contributed by atoms with Crippen LogP contribution in [0.3, 0.4) is 0 Å². The Hall–Kier alpha value is -2.18. The van der Waals surface area contributed by atoms with E-state index in [1.54, 1.807) is 0 Å². The van der Waals surface area contributed by atoms with Crippen molar-refractivity contribution in [3.8, 4) is 6.07 Å². The van der Waals surface area contributed by atoms with Crippen LogP contribution in [0.15, 0.2) is 48.8 Å². The molecule has 3 nitrogen and oxygen atoms in total. The third-order valence-electron chi connectivity index (χ3n) is 3.70. The van der Waals surface area contributed by atoms with Crippen molar-refractivity contribution in [1.82, 2.24) is 9.88 Å². The number of benzene rings is 1. The van der Waals surface area contributed by atoms with E-state index in [1.807, 2.05) is 24.5 Å². The van der Waals surface area contributed by atoms with Crippen LogP contribution in [-0.4, -0.2) is 23.0 Å². The number of hydrogen-bond acceptors (Lipinski definition) is 3. The molecule has 1 aromatic carbocycles. The molecule has 0 bridgehead atoms. The summed E-state index contributed by atoms with van der Waals surface area (Å²) in [5, 5.41) is 8.92. The molecule has 0 aliphatic heterocycles. The Kier molecular flexibility index (Phi) is 5.93. The molecule has 0 saturated heterocycles. The highest BCUT2D eigenvalue weighted by Crippen LogP contribution is 2.13. The molecule has 2 aromatic rings. The van der Waals surface area contributed by atoms with Crippen LogP contribution in [0.25, 0.3) is 0 Å². The Labute approximate surface area is 126 Å². The summed E-state index contributed by atoms with van der Waals surface area (Å²) in [5.74, 6) is 0. The average Bonchev–Trinajstić information content (AvgIpc) is 2.54. The van der Waals surface area contributed by atoms with Crippen LogP contribution in [0.5, 0.6) is 0 Å². The SMILES string of the molecule is CCN(CCc1ccncc1)Cc1ccccc1CC#N. The van der Waals surface area contributed by atoms with Crippen molar-refractivity contribution < 1.29 is 0 Å². The lowest BCUT2D eigenvalue weighted by Crippen LogP contribution is -2.26. The van der Waals surface area contributed by atoms with Gasteiger partial charge in [0.2, 0.25) is 0 Å². The van der Waals surface area contributed by atoms with Crippen LogP contribution >= 0.6 is 0 Å². The molecule has 0 N–H and O–H groups in total. The van der Waals surface area contributed by atoms with Gasteiger partial charge in [-0.2, -0.15) is 5.26 Å². The van der Waals surface area contributed by atoms with Crippen molar-refractivity contribution in [3.63, 3.8) is 0 Å². The van der Waals surface area contributed by atoms with Crippen molar-refractivity contribution in [2.75, 3.05) is 13.1 Å². The first kappa shape index (κ1) is 15.2. The van der Waals surface area contributed by atoms with E-state index in [0.29, 0.717) is 6.42 Å². The Morgan fingerprint density at radius 3 is 2.48 bits per heavy atom. The second kappa shape index (κ2) is 8.18. The van der Waals surface area contributed by atoms with E-state index in [1.165, 1.54) is 11.1 Å². The molecule has 0 radical (unpaired) electrons. The Morgan fingerprint density at radius 1 is 1.10 bits per heavy atom. The first-order valence-electron chi connectivity index (χ1n) is 7.38. The highest BCUT2D eigenvalue weighted by atomic mass is 15.1. The molecular weight excluding hydrogens is 258 g/mol. The molecule has 0 aliphatic rings. The van der Waals surface area contributed by atoms with Crippen LogP contribution in [0.1, 0.15) is 23.6 Å². The summed E-state index contributed by atoms with van der Waals surface area (Å²) in [6, 6.07) is 14.6. The fourth-order valence-electron chi connectivity index (χ4n) is 2.40. The van der Waals surface area contributed by atoms with Crippen LogP contribution in [0.2, 0.25) is 0 Å². The fourth-order valence-corrected chi connectivity index (χ4v) is 2.40. The third-order valence-corrected chi connectivity index (χ3v) is 3.70. The number of aromatic nitrogens is 1. The smallest absolute Gasteiger partial charge is 0.0669 e. The lowest BCUT2D eigenvalue weighted by Gasteiger charge is -2.21. The highest BCUT2D eigenvalue weighted by molar-refractivity contribution is 5.29. The van der Waals surface area contributed by atoms with E-state index in [4.69, 9.17) is 5.26 Å². The van der Waals surface area contributed by atoms with Gasteiger partial charge in [0.05, 0.1) is 12.5 Å². The summed E-state index contributed by atoms with van der Waals surface area (Å²) in [6.45, 7) is 5.10. The molecule has 0 fully saturated rings. The van der Waals surface area contributed by atoms with Gasteiger partial charge in [0.1, 0.15) is 0 Å². The van der Waals surface area contributed by atoms with Gasteiger partial charge in [0.25, 0.3) is 0 Å². The maximum atomic E-state index is 8.92. The number of pyridine rings is 1. The molecule has 21 heavy (non-hydrogen) atoms. The first-order chi connectivity index (χ1) is 10.3. The zero-order chi connectivity index (χ0) is 14.9. The summed E-state index contributed by atoms with van der Waals surface area (Å²) < 4.78 is 0. The van der Waals surface area contributed by atoms with Crippen molar-refractivity contribution in [2.24, 2.45) is 0 Å². The van der Waals surface area contributed by atoms with Crippen LogP contribution in [0.4, 0.5) is 0 Å². The molecule has 1 heterocycles. The maximum Gasteiger partial charge on any atom is 0.0669 e. The van der Waals surface area contributed by atoms with E-state index in [0.717, 1.165) is 31.6 Å². The molecule has 1 aromatic heterocycles. The van der Waals surface area contributed by atoms with Crippen molar-refractivity contribution in [1.29, 1.82) is 5.26 Å². The van der Waals surface area contributed by atoms with Crippen molar-refractivity contribution in [3.05, 3.63) is 65.5 Å². The fraction of sp³-hybridized carbons (Fsp3) is 0.333. The quantitative estimate of drug-likeness (QED) is 0.781. The number of rotatable bonds is 7. The van der Waals surface area contributed by atoms with E-state index in [-0.39, 0.29) is 0 Å². The van der Waals surface area contributed by atoms with Gasteiger partial charge < -0.3 is 0 Å². The van der Waals surface area contributed by atoms with Gasteiger partial charge in [0.15, 0.2) is 0 Å². The van der Waals surface area contributed by atoms with E-state index >= 15 is 0 Å². The molecule has 0 atom stereocenters. The normalized spacial score (nSPS) is 10.5.